The molecule has 1 atom stereocenters. The van der Waals surface area contributed by atoms with E-state index in [1.165, 1.54) is 0 Å². The highest BCUT2D eigenvalue weighted by Crippen LogP contribution is 2.26. The lowest BCUT2D eigenvalue weighted by molar-refractivity contribution is -0.152. The van der Waals surface area contributed by atoms with Gasteiger partial charge in [0.1, 0.15) is 0 Å². The van der Waals surface area contributed by atoms with Gasteiger partial charge in [-0.3, -0.25) is 14.5 Å². The molecule has 2 aliphatic rings. The molecule has 2 fully saturated rings. The average molecular weight is 393 g/mol. The van der Waals surface area contributed by atoms with Crippen LogP contribution in [0, 0.1) is 11.8 Å². The van der Waals surface area contributed by atoms with Gasteiger partial charge < -0.3 is 9.64 Å². The molecule has 2 saturated heterocycles. The number of hydrogen-bond acceptors (Lipinski definition) is 4. The molecule has 0 saturated carbocycles. The van der Waals surface area contributed by atoms with E-state index in [2.05, 4.69) is 4.90 Å². The van der Waals surface area contributed by atoms with Crippen molar-refractivity contribution in [3.63, 3.8) is 0 Å². The van der Waals surface area contributed by atoms with Gasteiger partial charge in [0.05, 0.1) is 18.4 Å². The van der Waals surface area contributed by atoms with Crippen LogP contribution < -0.4 is 0 Å². The van der Waals surface area contributed by atoms with E-state index in [-0.39, 0.29) is 23.7 Å². The molecule has 1 aromatic rings. The summed E-state index contributed by atoms with van der Waals surface area (Å²) < 4.78 is 5.11. The zero-order valence-corrected chi connectivity index (χ0v) is 16.8. The molecule has 6 heteroatoms. The number of ether oxygens (including phenoxy) is 1. The van der Waals surface area contributed by atoms with E-state index in [1.54, 1.807) is 0 Å². The summed E-state index contributed by atoms with van der Waals surface area (Å²) in [6.07, 6.45) is 3.39. The quantitative estimate of drug-likeness (QED) is 0.721. The molecule has 3 rings (SSSR count). The van der Waals surface area contributed by atoms with Crippen LogP contribution in [0.4, 0.5) is 0 Å². The number of benzene rings is 1. The normalized spacial score (nSPS) is 21.9. The molecule has 0 aromatic heterocycles. The van der Waals surface area contributed by atoms with E-state index in [9.17, 15) is 9.59 Å². The molecule has 0 radical (unpaired) electrons. The van der Waals surface area contributed by atoms with Crippen LogP contribution in [0.25, 0.3) is 0 Å². The summed E-state index contributed by atoms with van der Waals surface area (Å²) in [5.41, 5.74) is 1.11. The maximum absolute atomic E-state index is 13.0. The van der Waals surface area contributed by atoms with Gasteiger partial charge in [-0.1, -0.05) is 29.8 Å². The number of halogens is 1. The molecular weight excluding hydrogens is 364 g/mol. The first-order valence-corrected chi connectivity index (χ1v) is 10.4. The Labute approximate surface area is 166 Å². The minimum atomic E-state index is -0.117. The maximum Gasteiger partial charge on any atom is 0.309 e. The molecule has 5 nitrogen and oxygen atoms in total. The Morgan fingerprint density at radius 3 is 2.56 bits per heavy atom. The van der Waals surface area contributed by atoms with Crippen LogP contribution in [-0.4, -0.2) is 54.5 Å². The second kappa shape index (κ2) is 9.56. The molecular formula is C21H29ClN2O3. The van der Waals surface area contributed by atoms with Gasteiger partial charge in [0, 0.05) is 31.2 Å². The first kappa shape index (κ1) is 20.2. The summed E-state index contributed by atoms with van der Waals surface area (Å²) in [5, 5.41) is 0.784. The Kier molecular flexibility index (Phi) is 7.13. The van der Waals surface area contributed by atoms with Crippen molar-refractivity contribution in [1.82, 2.24) is 9.80 Å². The fraction of sp³-hybridized carbons (Fsp3) is 0.619. The van der Waals surface area contributed by atoms with E-state index in [0.717, 1.165) is 43.1 Å². The topological polar surface area (TPSA) is 49.9 Å². The van der Waals surface area contributed by atoms with Gasteiger partial charge in [0.15, 0.2) is 0 Å². The van der Waals surface area contributed by atoms with Gasteiger partial charge in [0.25, 0.3) is 0 Å². The third kappa shape index (κ3) is 5.23. The van der Waals surface area contributed by atoms with Crippen molar-refractivity contribution >= 4 is 23.5 Å². The maximum atomic E-state index is 13.0. The van der Waals surface area contributed by atoms with E-state index in [0.29, 0.717) is 32.5 Å². The van der Waals surface area contributed by atoms with E-state index in [1.807, 2.05) is 36.1 Å². The number of carbonyl (C=O) groups is 2. The zero-order chi connectivity index (χ0) is 19.2. The molecule has 1 amide bonds. The molecule has 0 N–H and O–H groups in total. The minimum absolute atomic E-state index is 0.0420. The highest BCUT2D eigenvalue weighted by molar-refractivity contribution is 6.31. The summed E-state index contributed by atoms with van der Waals surface area (Å²) >= 11 is 6.29. The number of likely N-dealkylation sites (tertiary alicyclic amines) is 2. The SMILES string of the molecule is CCOC(=O)C1CCN(C(=O)C2CCCN(Cc3ccccc3Cl)C2)CC1. The van der Waals surface area contributed by atoms with Crippen molar-refractivity contribution < 1.29 is 14.3 Å². The largest absolute Gasteiger partial charge is 0.466 e. The Morgan fingerprint density at radius 1 is 1.11 bits per heavy atom. The lowest BCUT2D eigenvalue weighted by atomic mass is 9.92. The van der Waals surface area contributed by atoms with Crippen molar-refractivity contribution in [3.05, 3.63) is 34.9 Å². The summed E-state index contributed by atoms with van der Waals surface area (Å²) in [7, 11) is 0. The Hall–Kier alpha value is -1.59. The Morgan fingerprint density at radius 2 is 1.85 bits per heavy atom. The highest BCUT2D eigenvalue weighted by Gasteiger charge is 2.33. The number of carbonyl (C=O) groups excluding carboxylic acids is 2. The molecule has 1 unspecified atom stereocenters. The van der Waals surface area contributed by atoms with Crippen LogP contribution >= 0.6 is 11.6 Å². The summed E-state index contributed by atoms with van der Waals surface area (Å²) in [6, 6.07) is 7.90. The lowest BCUT2D eigenvalue weighted by Crippen LogP contribution is -2.47. The highest BCUT2D eigenvalue weighted by atomic mass is 35.5. The number of amides is 1. The van der Waals surface area contributed by atoms with Crippen molar-refractivity contribution in [1.29, 1.82) is 0 Å². The number of nitrogens with zero attached hydrogens (tertiary/aromatic N) is 2. The van der Waals surface area contributed by atoms with Crippen LogP contribution in [0.2, 0.25) is 5.02 Å². The number of hydrogen-bond donors (Lipinski definition) is 0. The third-order valence-electron chi connectivity index (χ3n) is 5.63. The van der Waals surface area contributed by atoms with Gasteiger partial charge in [-0.05, 0) is 50.8 Å². The standard InChI is InChI=1S/C21H29ClN2O3/c1-2-27-21(26)16-9-12-24(13-10-16)20(25)18-7-5-11-23(15-18)14-17-6-3-4-8-19(17)22/h3-4,6,8,16,18H,2,5,7,9-15H2,1H3. The first-order valence-electron chi connectivity index (χ1n) is 9.99. The molecule has 0 spiro atoms. The second-order valence-corrected chi connectivity index (χ2v) is 7.92. The summed E-state index contributed by atoms with van der Waals surface area (Å²) in [6.45, 7) is 6.12. The predicted molar refractivity (Wildman–Crippen MR) is 105 cm³/mol. The van der Waals surface area contributed by atoms with Crippen molar-refractivity contribution in [2.24, 2.45) is 11.8 Å². The molecule has 27 heavy (non-hydrogen) atoms. The molecule has 0 aliphatic carbocycles. The number of rotatable bonds is 5. The first-order chi connectivity index (χ1) is 13.1. The van der Waals surface area contributed by atoms with Crippen molar-refractivity contribution in [2.75, 3.05) is 32.8 Å². The Balaban J connectivity index is 1.51. The summed E-state index contributed by atoms with van der Waals surface area (Å²) in [4.78, 5) is 29.1. The number of esters is 1. The van der Waals surface area contributed by atoms with Gasteiger partial charge >= 0.3 is 5.97 Å². The van der Waals surface area contributed by atoms with Crippen LogP contribution in [-0.2, 0) is 20.9 Å². The molecule has 148 valence electrons. The number of piperidine rings is 2. The van der Waals surface area contributed by atoms with Gasteiger partial charge in [0.2, 0.25) is 5.91 Å². The van der Waals surface area contributed by atoms with Crippen LogP contribution in [0.5, 0.6) is 0 Å². The average Bonchev–Trinajstić information content (AvgIpc) is 2.70. The van der Waals surface area contributed by atoms with Gasteiger partial charge in [-0.15, -0.1) is 0 Å². The predicted octanol–water partition coefficient (Wildman–Crippen LogP) is 3.35. The van der Waals surface area contributed by atoms with Crippen LogP contribution in [0.1, 0.15) is 38.2 Å². The minimum Gasteiger partial charge on any atom is -0.466 e. The summed E-state index contributed by atoms with van der Waals surface area (Å²) in [5.74, 6) is 0.104. The zero-order valence-electron chi connectivity index (χ0n) is 16.0. The third-order valence-corrected chi connectivity index (χ3v) is 6.00. The fourth-order valence-electron chi connectivity index (χ4n) is 4.12. The lowest BCUT2D eigenvalue weighted by Gasteiger charge is -2.37. The van der Waals surface area contributed by atoms with E-state index < -0.39 is 0 Å². The second-order valence-electron chi connectivity index (χ2n) is 7.52. The van der Waals surface area contributed by atoms with Gasteiger partial charge in [-0.25, -0.2) is 0 Å². The Bertz CT molecular complexity index is 659. The van der Waals surface area contributed by atoms with E-state index >= 15 is 0 Å². The van der Waals surface area contributed by atoms with Gasteiger partial charge in [-0.2, -0.15) is 0 Å². The molecule has 2 heterocycles. The van der Waals surface area contributed by atoms with Crippen LogP contribution in [0.15, 0.2) is 24.3 Å². The molecule has 2 aliphatic heterocycles. The van der Waals surface area contributed by atoms with Crippen molar-refractivity contribution in [2.45, 2.75) is 39.2 Å². The molecule has 0 bridgehead atoms. The monoisotopic (exact) mass is 392 g/mol. The smallest absolute Gasteiger partial charge is 0.309 e. The van der Waals surface area contributed by atoms with Crippen LogP contribution in [0.3, 0.4) is 0 Å². The fourth-order valence-corrected chi connectivity index (χ4v) is 4.32. The van der Waals surface area contributed by atoms with Crippen molar-refractivity contribution in [3.8, 4) is 0 Å². The molecule has 1 aromatic carbocycles. The van der Waals surface area contributed by atoms with E-state index in [4.69, 9.17) is 16.3 Å².